The molecule has 7 heteroatoms. The summed E-state index contributed by atoms with van der Waals surface area (Å²) in [7, 11) is -3.62. The molecule has 0 aliphatic rings. The van der Waals surface area contributed by atoms with Crippen molar-refractivity contribution in [2.45, 2.75) is 25.6 Å². The van der Waals surface area contributed by atoms with Crippen LogP contribution in [0.4, 0.5) is 5.69 Å². The van der Waals surface area contributed by atoms with Crippen LogP contribution in [0.25, 0.3) is 0 Å². The van der Waals surface area contributed by atoms with Gasteiger partial charge in [-0.25, -0.2) is 8.42 Å². The maximum Gasteiger partial charge on any atom is 0.248 e. The highest BCUT2D eigenvalue weighted by Crippen LogP contribution is 2.10. The largest absolute Gasteiger partial charge is 0.279 e. The Morgan fingerprint density at radius 3 is 2.87 bits per heavy atom. The third-order valence-electron chi connectivity index (χ3n) is 1.86. The Hall–Kier alpha value is -1.55. The molecule has 0 aromatic carbocycles. The molecule has 0 spiro atoms. The number of sulfonamides is 1. The van der Waals surface area contributed by atoms with E-state index in [4.69, 9.17) is 5.26 Å². The summed E-state index contributed by atoms with van der Waals surface area (Å²) in [6, 6.07) is 1.67. The van der Waals surface area contributed by atoms with Gasteiger partial charge in [-0.2, -0.15) is 10.4 Å². The zero-order chi connectivity index (χ0) is 11.5. The van der Waals surface area contributed by atoms with Crippen molar-refractivity contribution in [3.8, 4) is 6.07 Å². The van der Waals surface area contributed by atoms with Crippen molar-refractivity contribution >= 4 is 15.7 Å². The first-order valence-corrected chi connectivity index (χ1v) is 5.98. The highest BCUT2D eigenvalue weighted by molar-refractivity contribution is 7.93. The van der Waals surface area contributed by atoms with Gasteiger partial charge in [-0.15, -0.1) is 0 Å². The van der Waals surface area contributed by atoms with E-state index in [-0.39, 0.29) is 0 Å². The van der Waals surface area contributed by atoms with Gasteiger partial charge < -0.3 is 0 Å². The lowest BCUT2D eigenvalue weighted by Gasteiger charge is -2.06. The van der Waals surface area contributed by atoms with E-state index in [9.17, 15) is 8.42 Å². The van der Waals surface area contributed by atoms with Gasteiger partial charge in [0.05, 0.1) is 18.0 Å². The first kappa shape index (κ1) is 11.5. The number of nitriles is 1. The summed E-state index contributed by atoms with van der Waals surface area (Å²) in [5.74, 6) is 0. The molecule has 1 aromatic rings. The summed E-state index contributed by atoms with van der Waals surface area (Å²) >= 11 is 0. The predicted molar refractivity (Wildman–Crippen MR) is 55.5 cm³/mol. The van der Waals surface area contributed by atoms with Crippen LogP contribution in [0.15, 0.2) is 12.4 Å². The Morgan fingerprint density at radius 1 is 1.73 bits per heavy atom. The van der Waals surface area contributed by atoms with Crippen LogP contribution in [0.1, 0.15) is 13.8 Å². The van der Waals surface area contributed by atoms with E-state index >= 15 is 0 Å². The molecule has 1 N–H and O–H groups in total. The second-order valence-electron chi connectivity index (χ2n) is 3.00. The maximum absolute atomic E-state index is 11.5. The first-order valence-electron chi connectivity index (χ1n) is 4.43. The van der Waals surface area contributed by atoms with Crippen molar-refractivity contribution in [1.29, 1.82) is 5.26 Å². The van der Waals surface area contributed by atoms with Crippen LogP contribution < -0.4 is 4.72 Å². The summed E-state index contributed by atoms with van der Waals surface area (Å²) in [6.07, 6.45) is 2.98. The Kier molecular flexibility index (Phi) is 3.31. The van der Waals surface area contributed by atoms with Gasteiger partial charge in [-0.05, 0) is 13.8 Å². The van der Waals surface area contributed by atoms with E-state index in [1.165, 1.54) is 13.1 Å². The SMILES string of the molecule is CCn1cc(NS(=O)(=O)C(C)C#N)cn1. The summed E-state index contributed by atoms with van der Waals surface area (Å²) < 4.78 is 26.8. The fourth-order valence-electron chi connectivity index (χ4n) is 0.911. The number of aromatic nitrogens is 2. The fraction of sp³-hybridized carbons (Fsp3) is 0.500. The van der Waals surface area contributed by atoms with Crippen LogP contribution >= 0.6 is 0 Å². The van der Waals surface area contributed by atoms with Crippen molar-refractivity contribution < 1.29 is 8.42 Å². The number of nitrogens with zero attached hydrogens (tertiary/aromatic N) is 3. The maximum atomic E-state index is 11.5. The molecule has 0 amide bonds. The van der Waals surface area contributed by atoms with E-state index in [1.54, 1.807) is 16.9 Å². The van der Waals surface area contributed by atoms with Crippen molar-refractivity contribution in [2.24, 2.45) is 0 Å². The molecule has 82 valence electrons. The van der Waals surface area contributed by atoms with Crippen LogP contribution in [0.5, 0.6) is 0 Å². The van der Waals surface area contributed by atoms with Gasteiger partial charge in [0.1, 0.15) is 0 Å². The molecule has 6 nitrogen and oxygen atoms in total. The lowest BCUT2D eigenvalue weighted by Crippen LogP contribution is -2.23. The predicted octanol–water partition coefficient (Wildman–Crippen LogP) is 0.557. The molecule has 15 heavy (non-hydrogen) atoms. The van der Waals surface area contributed by atoms with Crippen LogP contribution in [0.2, 0.25) is 0 Å². The summed E-state index contributed by atoms with van der Waals surface area (Å²) in [6.45, 7) is 3.88. The molecular weight excluding hydrogens is 216 g/mol. The molecule has 0 aliphatic carbocycles. The molecule has 0 fully saturated rings. The van der Waals surface area contributed by atoms with Gasteiger partial charge >= 0.3 is 0 Å². The number of aryl methyl sites for hydroxylation is 1. The second kappa shape index (κ2) is 4.31. The number of rotatable bonds is 4. The molecule has 1 rings (SSSR count). The molecule has 1 atom stereocenters. The van der Waals surface area contributed by atoms with E-state index in [0.717, 1.165) is 0 Å². The van der Waals surface area contributed by atoms with Crippen LogP contribution in [0, 0.1) is 11.3 Å². The van der Waals surface area contributed by atoms with Crippen LogP contribution in [0.3, 0.4) is 0 Å². The molecule has 0 radical (unpaired) electrons. The van der Waals surface area contributed by atoms with Crippen molar-refractivity contribution in [3.05, 3.63) is 12.4 Å². The van der Waals surface area contributed by atoms with Crippen molar-refractivity contribution in [1.82, 2.24) is 9.78 Å². The summed E-state index contributed by atoms with van der Waals surface area (Å²) in [4.78, 5) is 0. The van der Waals surface area contributed by atoms with Crippen LogP contribution in [-0.2, 0) is 16.6 Å². The molecule has 1 aromatic heterocycles. The zero-order valence-corrected chi connectivity index (χ0v) is 9.32. The fourth-order valence-corrected chi connectivity index (χ4v) is 1.66. The topological polar surface area (TPSA) is 87.8 Å². The van der Waals surface area contributed by atoms with Crippen molar-refractivity contribution in [2.75, 3.05) is 4.72 Å². The molecule has 0 saturated heterocycles. The molecule has 0 aliphatic heterocycles. The average molecular weight is 228 g/mol. The minimum atomic E-state index is -3.62. The Bertz CT molecular complexity index is 471. The number of nitrogens with one attached hydrogen (secondary N) is 1. The van der Waals surface area contributed by atoms with Gasteiger partial charge in [0.25, 0.3) is 0 Å². The first-order chi connectivity index (χ1) is 6.99. The van der Waals surface area contributed by atoms with Gasteiger partial charge in [0.15, 0.2) is 5.25 Å². The Balaban J connectivity index is 2.83. The minimum absolute atomic E-state index is 0.374. The smallest absolute Gasteiger partial charge is 0.248 e. The van der Waals surface area contributed by atoms with Gasteiger partial charge in [-0.1, -0.05) is 0 Å². The molecule has 1 unspecified atom stereocenters. The number of hydrogen-bond donors (Lipinski definition) is 1. The van der Waals surface area contributed by atoms with E-state index in [1.807, 2.05) is 6.92 Å². The monoisotopic (exact) mass is 228 g/mol. The quantitative estimate of drug-likeness (QED) is 0.815. The summed E-state index contributed by atoms with van der Waals surface area (Å²) in [5, 5.41) is 11.3. The molecule has 0 bridgehead atoms. The van der Waals surface area contributed by atoms with E-state index < -0.39 is 15.3 Å². The Labute approximate surface area is 88.6 Å². The van der Waals surface area contributed by atoms with Gasteiger partial charge in [-0.3, -0.25) is 9.40 Å². The Morgan fingerprint density at radius 2 is 2.40 bits per heavy atom. The third kappa shape index (κ3) is 2.70. The standard InChI is InChI=1S/C8H12N4O2S/c1-3-12-6-8(5-10-12)11-15(13,14)7(2)4-9/h5-7,11H,3H2,1-2H3. The van der Waals surface area contributed by atoms with Crippen molar-refractivity contribution in [3.63, 3.8) is 0 Å². The highest BCUT2D eigenvalue weighted by Gasteiger charge is 2.20. The average Bonchev–Trinajstić information content (AvgIpc) is 2.63. The highest BCUT2D eigenvalue weighted by atomic mass is 32.2. The summed E-state index contributed by atoms with van der Waals surface area (Å²) in [5.41, 5.74) is 0.374. The second-order valence-corrected chi connectivity index (χ2v) is 5.00. The molecule has 0 saturated carbocycles. The lowest BCUT2D eigenvalue weighted by molar-refractivity contribution is 0.597. The molecular formula is C8H12N4O2S. The lowest BCUT2D eigenvalue weighted by atomic mass is 10.5. The van der Waals surface area contributed by atoms with Gasteiger partial charge in [0, 0.05) is 12.7 Å². The van der Waals surface area contributed by atoms with Gasteiger partial charge in [0.2, 0.25) is 10.0 Å². The third-order valence-corrected chi connectivity index (χ3v) is 3.42. The minimum Gasteiger partial charge on any atom is -0.279 e. The van der Waals surface area contributed by atoms with E-state index in [0.29, 0.717) is 12.2 Å². The normalized spacial score (nSPS) is 13.1. The zero-order valence-electron chi connectivity index (χ0n) is 8.51. The van der Waals surface area contributed by atoms with Crippen LogP contribution in [-0.4, -0.2) is 23.4 Å². The van der Waals surface area contributed by atoms with E-state index in [2.05, 4.69) is 9.82 Å². The number of anilines is 1. The molecule has 1 heterocycles. The number of hydrogen-bond acceptors (Lipinski definition) is 4.